The van der Waals surface area contributed by atoms with E-state index in [9.17, 15) is 0 Å². The third-order valence-electron chi connectivity index (χ3n) is 3.20. The molecule has 0 unspecified atom stereocenters. The molecule has 0 atom stereocenters. The number of aromatic nitrogens is 2. The minimum absolute atomic E-state index is 0.590. The third kappa shape index (κ3) is 3.35. The predicted molar refractivity (Wildman–Crippen MR) is 94.5 cm³/mol. The maximum Gasteiger partial charge on any atom is 0.141 e. The fourth-order valence-corrected chi connectivity index (χ4v) is 2.58. The highest BCUT2D eigenvalue weighted by molar-refractivity contribution is 9.10. The van der Waals surface area contributed by atoms with Crippen molar-refractivity contribution in [3.8, 4) is 0 Å². The minimum Gasteiger partial charge on any atom is -0.384 e. The second kappa shape index (κ2) is 6.72. The van der Waals surface area contributed by atoms with Gasteiger partial charge in [0.1, 0.15) is 12.1 Å². The molecule has 1 heterocycles. The molecule has 0 spiro atoms. The van der Waals surface area contributed by atoms with Gasteiger partial charge in [0.25, 0.3) is 0 Å². The van der Waals surface area contributed by atoms with Crippen molar-refractivity contribution in [1.82, 2.24) is 9.97 Å². The number of anilines is 3. The zero-order valence-electron chi connectivity index (χ0n) is 11.9. The molecule has 0 amide bonds. The van der Waals surface area contributed by atoms with Crippen molar-refractivity contribution in [1.29, 1.82) is 0 Å². The van der Waals surface area contributed by atoms with Crippen molar-refractivity contribution in [3.05, 3.63) is 53.3 Å². The summed E-state index contributed by atoms with van der Waals surface area (Å²) in [4.78, 5) is 8.67. The fraction of sp³-hybridized carbons (Fsp3) is 0.125. The summed E-state index contributed by atoms with van der Waals surface area (Å²) in [7, 11) is 0. The van der Waals surface area contributed by atoms with Gasteiger partial charge in [-0.05, 0) is 36.4 Å². The number of nitrogens with two attached hydrogens (primary N) is 1. The highest BCUT2D eigenvalue weighted by Crippen LogP contribution is 2.26. The molecular formula is C16H16BrN5. The minimum atomic E-state index is 0.590. The van der Waals surface area contributed by atoms with Gasteiger partial charge in [0.2, 0.25) is 0 Å². The second-order valence-electron chi connectivity index (χ2n) is 4.81. The summed E-state index contributed by atoms with van der Waals surface area (Å²) < 4.78 is 1.01. The van der Waals surface area contributed by atoms with Gasteiger partial charge in [-0.1, -0.05) is 22.0 Å². The Balaban J connectivity index is 1.97. The van der Waals surface area contributed by atoms with E-state index in [-0.39, 0.29) is 0 Å². The molecule has 22 heavy (non-hydrogen) atoms. The van der Waals surface area contributed by atoms with Gasteiger partial charge < -0.3 is 16.4 Å². The average molecular weight is 358 g/mol. The van der Waals surface area contributed by atoms with Gasteiger partial charge in [0.15, 0.2) is 0 Å². The Labute approximate surface area is 137 Å². The van der Waals surface area contributed by atoms with E-state index in [1.165, 1.54) is 0 Å². The molecule has 112 valence electrons. The second-order valence-corrected chi connectivity index (χ2v) is 5.72. The number of halogens is 1. The first-order chi connectivity index (χ1) is 10.8. The Bertz CT molecular complexity index is 790. The molecule has 0 radical (unpaired) electrons. The van der Waals surface area contributed by atoms with Crippen molar-refractivity contribution in [2.45, 2.75) is 0 Å². The molecular weight excluding hydrogens is 342 g/mol. The highest BCUT2D eigenvalue weighted by atomic mass is 79.9. The van der Waals surface area contributed by atoms with Crippen LogP contribution in [0.1, 0.15) is 0 Å². The lowest BCUT2D eigenvalue weighted by molar-refractivity contribution is 1.02. The summed E-state index contributed by atoms with van der Waals surface area (Å²) >= 11 is 3.47. The molecule has 1 aromatic heterocycles. The normalized spacial score (nSPS) is 10.6. The van der Waals surface area contributed by atoms with Crippen LogP contribution in [-0.2, 0) is 0 Å². The van der Waals surface area contributed by atoms with Crippen molar-refractivity contribution in [3.63, 3.8) is 0 Å². The van der Waals surface area contributed by atoms with Crippen molar-refractivity contribution >= 4 is 44.0 Å². The lowest BCUT2D eigenvalue weighted by Crippen LogP contribution is -2.13. The van der Waals surface area contributed by atoms with Crippen LogP contribution >= 0.6 is 15.9 Å². The standard InChI is InChI=1S/C16H16BrN5/c17-11-2-1-3-13(8-11)22-16-14-9-12(19-7-6-18)4-5-15(14)20-10-21-16/h1-5,8-10,19H,6-7,18H2,(H,20,21,22). The number of benzene rings is 2. The lowest BCUT2D eigenvalue weighted by Gasteiger charge is -2.10. The summed E-state index contributed by atoms with van der Waals surface area (Å²) in [5.41, 5.74) is 8.40. The maximum atomic E-state index is 5.53. The Morgan fingerprint density at radius 1 is 1.05 bits per heavy atom. The third-order valence-corrected chi connectivity index (χ3v) is 3.69. The lowest BCUT2D eigenvalue weighted by atomic mass is 10.2. The fourth-order valence-electron chi connectivity index (χ4n) is 2.19. The molecule has 0 aliphatic rings. The van der Waals surface area contributed by atoms with E-state index in [1.54, 1.807) is 6.33 Å². The SMILES string of the molecule is NCCNc1ccc2ncnc(Nc3cccc(Br)c3)c2c1. The molecule has 6 heteroatoms. The van der Waals surface area contributed by atoms with E-state index in [4.69, 9.17) is 5.73 Å². The Hall–Kier alpha value is -2.18. The Kier molecular flexibility index (Phi) is 4.50. The number of fused-ring (bicyclic) bond motifs is 1. The highest BCUT2D eigenvalue weighted by Gasteiger charge is 2.05. The molecule has 0 bridgehead atoms. The summed E-state index contributed by atoms with van der Waals surface area (Å²) in [6, 6.07) is 14.0. The van der Waals surface area contributed by atoms with Gasteiger partial charge in [-0.15, -0.1) is 0 Å². The summed E-state index contributed by atoms with van der Waals surface area (Å²) in [5.74, 6) is 0.777. The van der Waals surface area contributed by atoms with E-state index in [2.05, 4.69) is 36.5 Å². The topological polar surface area (TPSA) is 75.9 Å². The number of nitrogens with zero attached hydrogens (tertiary/aromatic N) is 2. The van der Waals surface area contributed by atoms with Gasteiger partial charge in [-0.2, -0.15) is 0 Å². The van der Waals surface area contributed by atoms with Crippen LogP contribution in [0.4, 0.5) is 17.2 Å². The van der Waals surface area contributed by atoms with Crippen LogP contribution in [0.25, 0.3) is 10.9 Å². The first kappa shape index (κ1) is 14.7. The Morgan fingerprint density at radius 2 is 1.95 bits per heavy atom. The van der Waals surface area contributed by atoms with Crippen LogP contribution in [0, 0.1) is 0 Å². The molecule has 0 saturated carbocycles. The molecule has 4 N–H and O–H groups in total. The summed E-state index contributed by atoms with van der Waals surface area (Å²) in [5, 5.41) is 7.57. The number of rotatable bonds is 5. The molecule has 3 aromatic rings. The molecule has 5 nitrogen and oxygen atoms in total. The zero-order chi connectivity index (χ0) is 15.4. The monoisotopic (exact) mass is 357 g/mol. The predicted octanol–water partition coefficient (Wildman–Crippen LogP) is 3.51. The average Bonchev–Trinajstić information content (AvgIpc) is 2.53. The van der Waals surface area contributed by atoms with E-state index in [1.807, 2.05) is 42.5 Å². The van der Waals surface area contributed by atoms with Crippen LogP contribution < -0.4 is 16.4 Å². The first-order valence-electron chi connectivity index (χ1n) is 6.97. The number of hydrogen-bond acceptors (Lipinski definition) is 5. The summed E-state index contributed by atoms with van der Waals surface area (Å²) in [6.45, 7) is 1.32. The van der Waals surface area contributed by atoms with Crippen molar-refractivity contribution < 1.29 is 0 Å². The molecule has 0 saturated heterocycles. The van der Waals surface area contributed by atoms with Crippen LogP contribution in [0.5, 0.6) is 0 Å². The van der Waals surface area contributed by atoms with Crippen LogP contribution in [-0.4, -0.2) is 23.1 Å². The van der Waals surface area contributed by atoms with Gasteiger partial charge in [0, 0.05) is 34.3 Å². The molecule has 2 aromatic carbocycles. The van der Waals surface area contributed by atoms with E-state index in [0.29, 0.717) is 6.54 Å². The van der Waals surface area contributed by atoms with Gasteiger partial charge >= 0.3 is 0 Å². The molecule has 0 aliphatic carbocycles. The van der Waals surface area contributed by atoms with Crippen LogP contribution in [0.15, 0.2) is 53.3 Å². The Morgan fingerprint density at radius 3 is 2.77 bits per heavy atom. The van der Waals surface area contributed by atoms with Gasteiger partial charge in [-0.3, -0.25) is 0 Å². The molecule has 0 aliphatic heterocycles. The van der Waals surface area contributed by atoms with Crippen LogP contribution in [0.3, 0.4) is 0 Å². The quantitative estimate of drug-likeness (QED) is 0.651. The molecule has 0 fully saturated rings. The molecule has 3 rings (SSSR count). The first-order valence-corrected chi connectivity index (χ1v) is 7.77. The van der Waals surface area contributed by atoms with Crippen LogP contribution in [0.2, 0.25) is 0 Å². The smallest absolute Gasteiger partial charge is 0.141 e. The maximum absolute atomic E-state index is 5.53. The van der Waals surface area contributed by atoms with Crippen molar-refractivity contribution in [2.24, 2.45) is 5.73 Å². The van der Waals surface area contributed by atoms with E-state index < -0.39 is 0 Å². The largest absolute Gasteiger partial charge is 0.384 e. The summed E-state index contributed by atoms with van der Waals surface area (Å²) in [6.07, 6.45) is 1.57. The van der Waals surface area contributed by atoms with Crippen molar-refractivity contribution in [2.75, 3.05) is 23.7 Å². The zero-order valence-corrected chi connectivity index (χ0v) is 13.5. The van der Waals surface area contributed by atoms with E-state index in [0.717, 1.165) is 39.1 Å². The van der Waals surface area contributed by atoms with Gasteiger partial charge in [0.05, 0.1) is 5.52 Å². The number of nitrogens with one attached hydrogen (secondary N) is 2. The number of hydrogen-bond donors (Lipinski definition) is 3. The van der Waals surface area contributed by atoms with E-state index >= 15 is 0 Å². The van der Waals surface area contributed by atoms with Gasteiger partial charge in [-0.25, -0.2) is 9.97 Å².